The van der Waals surface area contributed by atoms with Gasteiger partial charge in [-0.25, -0.2) is 0 Å². The van der Waals surface area contributed by atoms with Gasteiger partial charge in [-0.05, 0) is 35.4 Å². The fourth-order valence-electron chi connectivity index (χ4n) is 3.37. The van der Waals surface area contributed by atoms with Gasteiger partial charge in [0.25, 0.3) is 0 Å². The molecule has 1 saturated heterocycles. The number of carbonyl (C=O) groups excluding carboxylic acids is 2. The van der Waals surface area contributed by atoms with E-state index in [0.29, 0.717) is 4.88 Å². The van der Waals surface area contributed by atoms with Gasteiger partial charge in [0.15, 0.2) is 0 Å². The molecule has 0 aliphatic carbocycles. The molecule has 3 aromatic rings. The van der Waals surface area contributed by atoms with Gasteiger partial charge in [0.05, 0.1) is 16.2 Å². The van der Waals surface area contributed by atoms with E-state index in [1.807, 2.05) is 60.1 Å². The van der Waals surface area contributed by atoms with Gasteiger partial charge < -0.3 is 4.74 Å². The third kappa shape index (κ3) is 2.64. The molecule has 0 N–H and O–H groups in total. The van der Waals surface area contributed by atoms with Crippen molar-refractivity contribution in [2.75, 3.05) is 0 Å². The van der Waals surface area contributed by atoms with Crippen LogP contribution in [0.15, 0.2) is 59.3 Å². The predicted molar refractivity (Wildman–Crippen MR) is 99.3 cm³/mol. The number of cyclic esters (lactones) is 1. The van der Waals surface area contributed by atoms with Crippen LogP contribution >= 0.6 is 22.7 Å². The quantitative estimate of drug-likeness (QED) is 0.484. The normalized spacial score (nSPS) is 22.8. The first-order valence-electron chi connectivity index (χ1n) is 8.02. The van der Waals surface area contributed by atoms with E-state index in [9.17, 15) is 9.59 Å². The lowest BCUT2D eigenvalue weighted by Crippen LogP contribution is -2.39. The lowest BCUT2D eigenvalue weighted by molar-refractivity contribution is -0.146. The van der Waals surface area contributed by atoms with Crippen LogP contribution in [0.3, 0.4) is 0 Å². The highest BCUT2D eigenvalue weighted by Gasteiger charge is 2.57. The second kappa shape index (κ2) is 6.24. The highest BCUT2D eigenvalue weighted by Crippen LogP contribution is 2.51. The van der Waals surface area contributed by atoms with E-state index in [-0.39, 0.29) is 24.1 Å². The zero-order valence-electron chi connectivity index (χ0n) is 13.6. The number of rotatable bonds is 4. The largest absolute Gasteiger partial charge is 0.444 e. The number of benzene rings is 1. The monoisotopic (exact) mass is 368 g/mol. The van der Waals surface area contributed by atoms with Crippen molar-refractivity contribution in [1.82, 2.24) is 0 Å². The van der Waals surface area contributed by atoms with Crippen LogP contribution in [0.2, 0.25) is 0 Å². The average Bonchev–Trinajstić information content (AvgIpc) is 3.36. The summed E-state index contributed by atoms with van der Waals surface area (Å²) < 4.78 is 5.80. The summed E-state index contributed by atoms with van der Waals surface area (Å²) in [6.07, 6.45) is 0.206. The first-order chi connectivity index (χ1) is 12.1. The summed E-state index contributed by atoms with van der Waals surface area (Å²) in [6, 6.07) is 15.4. The fraction of sp³-hybridized carbons (Fsp3) is 0.200. The number of carbonyl (C=O) groups is 2. The Bertz CT molecular complexity index is 895. The van der Waals surface area contributed by atoms with Gasteiger partial charge in [0, 0.05) is 5.92 Å². The van der Waals surface area contributed by atoms with Crippen LogP contribution in [0.5, 0.6) is 0 Å². The van der Waals surface area contributed by atoms with E-state index >= 15 is 0 Å². The van der Waals surface area contributed by atoms with E-state index in [1.54, 1.807) is 6.07 Å². The number of ketones is 1. The molecule has 1 aromatic carbocycles. The summed E-state index contributed by atoms with van der Waals surface area (Å²) in [5, 5.41) is 3.78. The zero-order chi connectivity index (χ0) is 17.4. The number of hydrogen-bond donors (Lipinski definition) is 0. The van der Waals surface area contributed by atoms with Crippen molar-refractivity contribution in [3.63, 3.8) is 0 Å². The first kappa shape index (κ1) is 16.2. The molecule has 3 heterocycles. The highest BCUT2D eigenvalue weighted by molar-refractivity contribution is 7.12. The Balaban J connectivity index is 1.90. The maximum atomic E-state index is 13.5. The van der Waals surface area contributed by atoms with Crippen molar-refractivity contribution >= 4 is 34.4 Å². The second-order valence-corrected chi connectivity index (χ2v) is 8.06. The Hall–Kier alpha value is -2.24. The molecule has 5 heteroatoms. The molecule has 126 valence electrons. The third-order valence-corrected chi connectivity index (χ3v) is 6.44. The Morgan fingerprint density at radius 1 is 1.08 bits per heavy atom. The number of aryl methyl sites for hydroxylation is 1. The van der Waals surface area contributed by atoms with E-state index < -0.39 is 5.60 Å². The Labute approximate surface area is 153 Å². The van der Waals surface area contributed by atoms with Crippen LogP contribution in [0.25, 0.3) is 0 Å². The number of ether oxygens (including phenoxy) is 1. The predicted octanol–water partition coefficient (Wildman–Crippen LogP) is 4.93. The number of Topliss-reactive ketones (excluding diaryl/α,β-unsaturated/α-hetero) is 1. The topological polar surface area (TPSA) is 43.4 Å². The molecule has 0 radical (unpaired) electrons. The van der Waals surface area contributed by atoms with Crippen LogP contribution in [0, 0.1) is 6.92 Å². The smallest absolute Gasteiger partial charge is 0.307 e. The van der Waals surface area contributed by atoms with Crippen molar-refractivity contribution in [3.05, 3.63) is 80.2 Å². The third-order valence-electron chi connectivity index (χ3n) is 4.59. The molecule has 25 heavy (non-hydrogen) atoms. The Kier molecular flexibility index (Phi) is 4.06. The van der Waals surface area contributed by atoms with Gasteiger partial charge in [-0.3, -0.25) is 9.59 Å². The Morgan fingerprint density at radius 3 is 2.44 bits per heavy atom. The molecule has 0 saturated carbocycles. The van der Waals surface area contributed by atoms with Gasteiger partial charge in [0.1, 0.15) is 0 Å². The van der Waals surface area contributed by atoms with E-state index in [0.717, 1.165) is 16.0 Å². The maximum Gasteiger partial charge on any atom is 0.307 e. The lowest BCUT2D eigenvalue weighted by atomic mass is 9.77. The molecule has 0 unspecified atom stereocenters. The molecule has 4 rings (SSSR count). The van der Waals surface area contributed by atoms with Crippen molar-refractivity contribution in [2.45, 2.75) is 24.9 Å². The molecular weight excluding hydrogens is 352 g/mol. The van der Waals surface area contributed by atoms with Crippen molar-refractivity contribution in [1.29, 1.82) is 0 Å². The van der Waals surface area contributed by atoms with Crippen LogP contribution in [0.1, 0.15) is 38.0 Å². The molecular formula is C20H16O3S2. The summed E-state index contributed by atoms with van der Waals surface area (Å²) in [4.78, 5) is 27.2. The van der Waals surface area contributed by atoms with Crippen molar-refractivity contribution in [3.8, 4) is 0 Å². The van der Waals surface area contributed by atoms with E-state index in [4.69, 9.17) is 4.74 Å². The molecule has 2 aromatic heterocycles. The second-order valence-electron chi connectivity index (χ2n) is 6.16. The van der Waals surface area contributed by atoms with Crippen molar-refractivity contribution < 1.29 is 14.3 Å². The van der Waals surface area contributed by atoms with Gasteiger partial charge in [0.2, 0.25) is 11.4 Å². The number of esters is 1. The minimum atomic E-state index is -1.27. The van der Waals surface area contributed by atoms with Gasteiger partial charge in [-0.15, -0.1) is 22.7 Å². The average molecular weight is 368 g/mol. The van der Waals surface area contributed by atoms with Crippen molar-refractivity contribution in [2.24, 2.45) is 0 Å². The Morgan fingerprint density at radius 2 is 1.80 bits per heavy atom. The minimum absolute atomic E-state index is 0.138. The summed E-state index contributed by atoms with van der Waals surface area (Å²) >= 11 is 2.83. The molecule has 2 atom stereocenters. The van der Waals surface area contributed by atoms with E-state index in [1.165, 1.54) is 22.7 Å². The first-order valence-corrected chi connectivity index (χ1v) is 9.78. The van der Waals surface area contributed by atoms with Crippen LogP contribution in [0.4, 0.5) is 0 Å². The molecule has 0 amide bonds. The summed E-state index contributed by atoms with van der Waals surface area (Å²) in [7, 11) is 0. The van der Waals surface area contributed by atoms with Crippen LogP contribution in [-0.4, -0.2) is 11.8 Å². The van der Waals surface area contributed by atoms with Gasteiger partial charge in [-0.2, -0.15) is 0 Å². The standard InChI is InChI=1S/C20H16O3S2/c1-13-6-8-14(9-7-13)15-12-18(21)23-20(15,17-5-3-11-25-17)19(22)16-4-2-10-24-16/h2-11,15H,12H2,1H3/t15-,20-/m0/s1. The molecule has 1 fully saturated rings. The van der Waals surface area contributed by atoms with Gasteiger partial charge >= 0.3 is 5.97 Å². The zero-order valence-corrected chi connectivity index (χ0v) is 15.2. The highest BCUT2D eigenvalue weighted by atomic mass is 32.1. The molecule has 1 aliphatic heterocycles. The van der Waals surface area contributed by atoms with E-state index in [2.05, 4.69) is 0 Å². The van der Waals surface area contributed by atoms with Crippen LogP contribution in [-0.2, 0) is 15.1 Å². The fourth-order valence-corrected chi connectivity index (χ4v) is 5.01. The molecule has 3 nitrogen and oxygen atoms in total. The lowest BCUT2D eigenvalue weighted by Gasteiger charge is -2.31. The SMILES string of the molecule is Cc1ccc([C@@H]2CC(=O)O[C@]2(C(=O)c2cccs2)c2cccs2)cc1. The van der Waals surface area contributed by atoms with Crippen LogP contribution < -0.4 is 0 Å². The molecule has 1 aliphatic rings. The summed E-state index contributed by atoms with van der Waals surface area (Å²) in [5.74, 6) is -0.792. The maximum absolute atomic E-state index is 13.5. The number of thiophene rings is 2. The minimum Gasteiger partial charge on any atom is -0.444 e. The van der Waals surface area contributed by atoms with Gasteiger partial charge in [-0.1, -0.05) is 42.0 Å². The number of hydrogen-bond acceptors (Lipinski definition) is 5. The summed E-state index contributed by atoms with van der Waals surface area (Å²) in [6.45, 7) is 2.02. The molecule has 0 bridgehead atoms. The summed E-state index contributed by atoms with van der Waals surface area (Å²) in [5.41, 5.74) is 0.820. The molecule has 0 spiro atoms.